The Balaban J connectivity index is 2.03. The quantitative estimate of drug-likeness (QED) is 0.692. The maximum Gasteiger partial charge on any atom is 0.327 e. The zero-order valence-corrected chi connectivity index (χ0v) is 13.3. The van der Waals surface area contributed by atoms with Crippen LogP contribution in [0.5, 0.6) is 0 Å². The van der Waals surface area contributed by atoms with E-state index < -0.39 is 5.54 Å². The standard InChI is InChI=1S/C15H29N3O2/c1-5-20-14(19)15(16-2,12-6-7-12)11-18-9-8-13(10-18)17(3)4/h12-13,16H,5-11H2,1-4H3. The van der Waals surface area contributed by atoms with Gasteiger partial charge in [0.1, 0.15) is 5.54 Å². The van der Waals surface area contributed by atoms with Crippen molar-refractivity contribution in [2.45, 2.75) is 37.8 Å². The Hall–Kier alpha value is -0.650. The Labute approximate surface area is 122 Å². The molecule has 2 unspecified atom stereocenters. The third-order valence-corrected chi connectivity index (χ3v) is 4.81. The highest BCUT2D eigenvalue weighted by Gasteiger charge is 2.52. The SMILES string of the molecule is CCOC(=O)C(CN1CCC(N(C)C)C1)(NC)C1CC1. The Morgan fingerprint density at radius 3 is 2.55 bits per heavy atom. The Kier molecular flexibility index (Phi) is 5.04. The highest BCUT2D eigenvalue weighted by molar-refractivity contribution is 5.82. The van der Waals surface area contributed by atoms with E-state index in [-0.39, 0.29) is 5.97 Å². The van der Waals surface area contributed by atoms with Crippen molar-refractivity contribution in [3.05, 3.63) is 0 Å². The summed E-state index contributed by atoms with van der Waals surface area (Å²) in [5.41, 5.74) is -0.503. The van der Waals surface area contributed by atoms with Crippen molar-refractivity contribution in [3.63, 3.8) is 0 Å². The van der Waals surface area contributed by atoms with Crippen molar-refractivity contribution in [1.29, 1.82) is 0 Å². The molecule has 0 aromatic rings. The zero-order chi connectivity index (χ0) is 14.8. The van der Waals surface area contributed by atoms with E-state index >= 15 is 0 Å². The predicted molar refractivity (Wildman–Crippen MR) is 79.7 cm³/mol. The summed E-state index contributed by atoms with van der Waals surface area (Å²) in [5, 5.41) is 3.30. The maximum atomic E-state index is 12.5. The fraction of sp³-hybridized carbons (Fsp3) is 0.933. The van der Waals surface area contributed by atoms with Gasteiger partial charge in [0.2, 0.25) is 0 Å². The molecule has 2 atom stereocenters. The molecular weight excluding hydrogens is 254 g/mol. The number of rotatable bonds is 7. The average Bonchev–Trinajstić information content (AvgIpc) is 3.16. The van der Waals surface area contributed by atoms with Crippen LogP contribution in [0.1, 0.15) is 26.2 Å². The molecule has 1 saturated carbocycles. The lowest BCUT2D eigenvalue weighted by Crippen LogP contribution is -2.60. The number of hydrogen-bond donors (Lipinski definition) is 1. The molecule has 0 bridgehead atoms. The van der Waals surface area contributed by atoms with Crippen LogP contribution in [0.2, 0.25) is 0 Å². The van der Waals surface area contributed by atoms with Crippen LogP contribution in [0, 0.1) is 5.92 Å². The third kappa shape index (κ3) is 3.15. The summed E-state index contributed by atoms with van der Waals surface area (Å²) >= 11 is 0. The van der Waals surface area contributed by atoms with E-state index in [0.717, 1.165) is 32.5 Å². The van der Waals surface area contributed by atoms with E-state index in [1.165, 1.54) is 6.42 Å². The molecule has 5 heteroatoms. The van der Waals surface area contributed by atoms with Gasteiger partial charge in [0.25, 0.3) is 0 Å². The second-order valence-corrected chi connectivity index (χ2v) is 6.36. The van der Waals surface area contributed by atoms with Gasteiger partial charge in [-0.1, -0.05) is 0 Å². The van der Waals surface area contributed by atoms with Gasteiger partial charge >= 0.3 is 5.97 Å². The molecule has 5 nitrogen and oxygen atoms in total. The van der Waals surface area contributed by atoms with Gasteiger partial charge in [0.15, 0.2) is 0 Å². The van der Waals surface area contributed by atoms with Crippen molar-refractivity contribution in [2.75, 3.05) is 47.4 Å². The van der Waals surface area contributed by atoms with E-state index in [2.05, 4.69) is 29.2 Å². The Morgan fingerprint density at radius 1 is 1.40 bits per heavy atom. The van der Waals surface area contributed by atoms with E-state index in [9.17, 15) is 4.79 Å². The first kappa shape index (κ1) is 15.7. The van der Waals surface area contributed by atoms with Crippen LogP contribution in [0.4, 0.5) is 0 Å². The minimum absolute atomic E-state index is 0.0710. The van der Waals surface area contributed by atoms with E-state index in [1.54, 1.807) is 0 Å². The summed E-state index contributed by atoms with van der Waals surface area (Å²) in [4.78, 5) is 17.2. The molecule has 1 saturated heterocycles. The van der Waals surface area contributed by atoms with Gasteiger partial charge in [-0.15, -0.1) is 0 Å². The second-order valence-electron chi connectivity index (χ2n) is 6.36. The lowest BCUT2D eigenvalue weighted by atomic mass is 9.92. The number of likely N-dealkylation sites (tertiary alicyclic amines) is 1. The number of esters is 1. The Bertz CT molecular complexity index is 344. The molecule has 116 valence electrons. The molecule has 0 spiro atoms. The van der Waals surface area contributed by atoms with Crippen LogP contribution >= 0.6 is 0 Å². The van der Waals surface area contributed by atoms with E-state index in [4.69, 9.17) is 4.74 Å². The predicted octanol–water partition coefficient (Wildman–Crippen LogP) is 0.554. The monoisotopic (exact) mass is 283 g/mol. The molecule has 1 heterocycles. The first-order valence-corrected chi connectivity index (χ1v) is 7.78. The number of nitrogens with one attached hydrogen (secondary N) is 1. The number of carbonyl (C=O) groups is 1. The van der Waals surface area contributed by atoms with Crippen LogP contribution in [0.25, 0.3) is 0 Å². The molecule has 0 aromatic carbocycles. The minimum Gasteiger partial charge on any atom is -0.465 e. The summed E-state index contributed by atoms with van der Waals surface area (Å²) in [5.74, 6) is 0.364. The van der Waals surface area contributed by atoms with E-state index in [0.29, 0.717) is 18.6 Å². The first-order valence-electron chi connectivity index (χ1n) is 7.78. The molecule has 1 aliphatic heterocycles. The number of nitrogens with zero attached hydrogens (tertiary/aromatic N) is 2. The molecular formula is C15H29N3O2. The van der Waals surface area contributed by atoms with Crippen LogP contribution in [-0.4, -0.2) is 74.7 Å². The summed E-state index contributed by atoms with van der Waals surface area (Å²) < 4.78 is 5.35. The fourth-order valence-electron chi connectivity index (χ4n) is 3.31. The largest absolute Gasteiger partial charge is 0.465 e. The number of carbonyl (C=O) groups excluding carboxylic acids is 1. The number of ether oxygens (including phenoxy) is 1. The van der Waals surface area contributed by atoms with Crippen molar-refractivity contribution in [1.82, 2.24) is 15.1 Å². The normalized spacial score (nSPS) is 26.8. The average molecular weight is 283 g/mol. The van der Waals surface area contributed by atoms with Gasteiger partial charge in [-0.25, -0.2) is 4.79 Å². The summed E-state index contributed by atoms with van der Waals surface area (Å²) in [7, 11) is 6.16. The topological polar surface area (TPSA) is 44.8 Å². The fourth-order valence-corrected chi connectivity index (χ4v) is 3.31. The van der Waals surface area contributed by atoms with Crippen molar-refractivity contribution >= 4 is 5.97 Å². The van der Waals surface area contributed by atoms with Crippen molar-refractivity contribution in [2.24, 2.45) is 5.92 Å². The van der Waals surface area contributed by atoms with Gasteiger partial charge in [-0.3, -0.25) is 4.90 Å². The second kappa shape index (κ2) is 6.41. The molecule has 20 heavy (non-hydrogen) atoms. The molecule has 0 radical (unpaired) electrons. The van der Waals surface area contributed by atoms with E-state index in [1.807, 2.05) is 14.0 Å². The first-order chi connectivity index (χ1) is 9.53. The van der Waals surface area contributed by atoms with Gasteiger partial charge in [0, 0.05) is 19.1 Å². The van der Waals surface area contributed by atoms with Crippen LogP contribution in [0.15, 0.2) is 0 Å². The zero-order valence-electron chi connectivity index (χ0n) is 13.3. The van der Waals surface area contributed by atoms with Crippen molar-refractivity contribution < 1.29 is 9.53 Å². The molecule has 1 N–H and O–H groups in total. The van der Waals surface area contributed by atoms with Crippen molar-refractivity contribution in [3.8, 4) is 0 Å². The molecule has 2 aliphatic rings. The molecule has 2 rings (SSSR count). The smallest absolute Gasteiger partial charge is 0.327 e. The Morgan fingerprint density at radius 2 is 2.10 bits per heavy atom. The lowest BCUT2D eigenvalue weighted by Gasteiger charge is -2.35. The molecule has 0 amide bonds. The van der Waals surface area contributed by atoms with Gasteiger partial charge in [0.05, 0.1) is 6.61 Å². The molecule has 0 aromatic heterocycles. The molecule has 1 aliphatic carbocycles. The third-order valence-electron chi connectivity index (χ3n) is 4.81. The highest BCUT2D eigenvalue weighted by Crippen LogP contribution is 2.41. The van der Waals surface area contributed by atoms with Gasteiger partial charge in [-0.2, -0.15) is 0 Å². The van der Waals surface area contributed by atoms with Crippen LogP contribution in [0.3, 0.4) is 0 Å². The maximum absolute atomic E-state index is 12.5. The summed E-state index contributed by atoms with van der Waals surface area (Å²) in [6, 6.07) is 0.603. The summed E-state index contributed by atoms with van der Waals surface area (Å²) in [6.45, 7) is 5.22. The van der Waals surface area contributed by atoms with Gasteiger partial charge in [-0.05, 0) is 59.8 Å². The number of hydrogen-bond acceptors (Lipinski definition) is 5. The minimum atomic E-state index is -0.503. The summed E-state index contributed by atoms with van der Waals surface area (Å²) in [6.07, 6.45) is 3.44. The highest BCUT2D eigenvalue weighted by atomic mass is 16.5. The molecule has 2 fully saturated rings. The van der Waals surface area contributed by atoms with Crippen LogP contribution in [-0.2, 0) is 9.53 Å². The lowest BCUT2D eigenvalue weighted by molar-refractivity contribution is -0.153. The number of likely N-dealkylation sites (N-methyl/N-ethyl adjacent to an activating group) is 2. The van der Waals surface area contributed by atoms with Crippen LogP contribution < -0.4 is 5.32 Å². The van der Waals surface area contributed by atoms with Gasteiger partial charge < -0.3 is 15.0 Å².